The highest BCUT2D eigenvalue weighted by molar-refractivity contribution is 5.83. The van der Waals surface area contributed by atoms with Crippen LogP contribution in [0.4, 0.5) is 13.2 Å². The van der Waals surface area contributed by atoms with Gasteiger partial charge in [0.2, 0.25) is 0 Å². The number of hydrogen-bond donors (Lipinski definition) is 2. The van der Waals surface area contributed by atoms with Crippen LogP contribution in [-0.4, -0.2) is 37.8 Å². The van der Waals surface area contributed by atoms with Gasteiger partial charge in [-0.25, -0.2) is 4.98 Å². The normalized spacial score (nSPS) is 44.9. The van der Waals surface area contributed by atoms with Gasteiger partial charge in [0.1, 0.15) is 17.9 Å². The number of aliphatic hydroxyl groups is 1. The lowest BCUT2D eigenvalue weighted by atomic mass is 9.48. The maximum atomic E-state index is 13.4. The number of nitrogens with zero attached hydrogens (tertiary/aromatic N) is 2. The van der Waals surface area contributed by atoms with E-state index in [1.165, 1.54) is 6.33 Å². The summed E-state index contributed by atoms with van der Waals surface area (Å²) in [6, 6.07) is 0. The fourth-order valence-corrected chi connectivity index (χ4v) is 8.27. The maximum Gasteiger partial charge on any atom is 0.417 e. The van der Waals surface area contributed by atoms with E-state index in [9.17, 15) is 23.1 Å². The zero-order chi connectivity index (χ0) is 22.0. The summed E-state index contributed by atoms with van der Waals surface area (Å²) in [6.45, 7) is 2.28. The largest absolute Gasteiger partial charge is 0.417 e. The first-order valence-electron chi connectivity index (χ1n) is 11.8. The second-order valence-electron chi connectivity index (χ2n) is 11.0. The molecule has 4 fully saturated rings. The predicted molar refractivity (Wildman–Crippen MR) is 107 cm³/mol. The zero-order valence-corrected chi connectivity index (χ0v) is 18.0. The number of carbonyl (C=O) groups is 1. The van der Waals surface area contributed by atoms with Crippen LogP contribution in [-0.2, 0) is 11.2 Å². The molecule has 0 radical (unpaired) electrons. The quantitative estimate of drug-likeness (QED) is 0.728. The Hall–Kier alpha value is -1.44. The van der Waals surface area contributed by atoms with E-state index >= 15 is 0 Å². The molecule has 0 unspecified atom stereocenters. The second-order valence-corrected chi connectivity index (χ2v) is 11.0. The molecule has 172 valence electrons. The van der Waals surface area contributed by atoms with E-state index in [0.717, 1.165) is 38.5 Å². The Morgan fingerprint density at radius 2 is 1.90 bits per heavy atom. The number of H-pyrrole nitrogens is 1. The number of Topliss-reactive ketones (excluding diaryl/α,β-unsaturated/α-hetero) is 1. The number of ketones is 1. The monoisotopic (exact) mass is 439 g/mol. The van der Waals surface area contributed by atoms with E-state index in [1.54, 1.807) is 0 Å². The molecule has 5 rings (SSSR count). The summed E-state index contributed by atoms with van der Waals surface area (Å²) in [7, 11) is 0. The molecular weight excluding hydrogens is 407 g/mol. The molecule has 1 aromatic rings. The summed E-state index contributed by atoms with van der Waals surface area (Å²) < 4.78 is 40.2. The van der Waals surface area contributed by atoms with Gasteiger partial charge in [0, 0.05) is 5.92 Å². The molecule has 4 aliphatic carbocycles. The molecule has 0 aromatic carbocycles. The van der Waals surface area contributed by atoms with Crippen LogP contribution in [0.2, 0.25) is 0 Å². The van der Waals surface area contributed by atoms with Crippen molar-refractivity contribution < 1.29 is 23.1 Å². The van der Waals surface area contributed by atoms with Crippen LogP contribution in [0.15, 0.2) is 6.33 Å². The van der Waals surface area contributed by atoms with Gasteiger partial charge in [-0.1, -0.05) is 6.92 Å². The lowest BCUT2D eigenvalue weighted by molar-refractivity contribution is -0.282. The van der Waals surface area contributed by atoms with Crippen molar-refractivity contribution in [1.29, 1.82) is 0 Å². The Bertz CT molecular complexity index is 829. The predicted octanol–water partition coefficient (Wildman–Crippen LogP) is 4.48. The third-order valence-corrected chi connectivity index (χ3v) is 9.73. The molecule has 1 aromatic heterocycles. The molecule has 5 nitrogen and oxygen atoms in total. The number of alkyl halides is 3. The molecule has 4 aliphatic rings. The Kier molecular flexibility index (Phi) is 5.03. The number of carbonyl (C=O) groups excluding carboxylic acids is 1. The summed E-state index contributed by atoms with van der Waals surface area (Å²) in [5.74, 6) is 2.55. The average Bonchev–Trinajstić information content (AvgIpc) is 3.33. The second kappa shape index (κ2) is 7.29. The molecule has 0 saturated heterocycles. The van der Waals surface area contributed by atoms with Gasteiger partial charge in [-0.05, 0) is 92.8 Å². The van der Waals surface area contributed by atoms with E-state index < -0.39 is 11.8 Å². The number of aromatic amines is 1. The molecule has 1 heterocycles. The first kappa shape index (κ1) is 21.4. The molecule has 8 atom stereocenters. The summed E-state index contributed by atoms with van der Waals surface area (Å²) in [5.41, 5.74) is -2.53. The van der Waals surface area contributed by atoms with Crippen LogP contribution < -0.4 is 0 Å². The number of hydrogen-bond acceptors (Lipinski definition) is 4. The smallest absolute Gasteiger partial charge is 0.380 e. The van der Waals surface area contributed by atoms with E-state index in [4.69, 9.17) is 0 Å². The molecule has 0 amide bonds. The van der Waals surface area contributed by atoms with E-state index in [0.29, 0.717) is 36.4 Å². The van der Waals surface area contributed by atoms with Crippen molar-refractivity contribution in [2.75, 3.05) is 0 Å². The highest BCUT2D eigenvalue weighted by Gasteiger charge is 2.62. The van der Waals surface area contributed by atoms with Crippen molar-refractivity contribution in [2.45, 2.75) is 82.9 Å². The number of nitrogens with one attached hydrogen (secondary N) is 1. The van der Waals surface area contributed by atoms with Crippen LogP contribution in [0, 0.1) is 40.9 Å². The van der Waals surface area contributed by atoms with E-state index in [1.807, 2.05) is 0 Å². The molecule has 0 bridgehead atoms. The molecule has 8 heteroatoms. The third kappa shape index (κ3) is 3.35. The van der Waals surface area contributed by atoms with Crippen molar-refractivity contribution in [1.82, 2.24) is 15.2 Å². The van der Waals surface area contributed by atoms with Crippen LogP contribution in [0.5, 0.6) is 0 Å². The molecule has 0 spiro atoms. The van der Waals surface area contributed by atoms with Crippen molar-refractivity contribution in [3.05, 3.63) is 12.2 Å². The lowest BCUT2D eigenvalue weighted by Crippen LogP contribution is -2.55. The Morgan fingerprint density at radius 1 is 1.13 bits per heavy atom. The van der Waals surface area contributed by atoms with Gasteiger partial charge >= 0.3 is 6.18 Å². The fraction of sp³-hybridized carbons (Fsp3) is 0.870. The van der Waals surface area contributed by atoms with Crippen LogP contribution in [0.3, 0.4) is 0 Å². The van der Waals surface area contributed by atoms with Gasteiger partial charge in [0.15, 0.2) is 5.60 Å². The molecule has 4 saturated carbocycles. The van der Waals surface area contributed by atoms with Gasteiger partial charge in [-0.2, -0.15) is 18.3 Å². The lowest BCUT2D eigenvalue weighted by Gasteiger charge is -2.57. The minimum absolute atomic E-state index is 0.0213. The number of aromatic nitrogens is 3. The van der Waals surface area contributed by atoms with Gasteiger partial charge in [-0.3, -0.25) is 9.89 Å². The third-order valence-electron chi connectivity index (χ3n) is 9.73. The first-order chi connectivity index (χ1) is 14.6. The van der Waals surface area contributed by atoms with Crippen molar-refractivity contribution >= 4 is 5.78 Å². The molecule has 31 heavy (non-hydrogen) atoms. The summed E-state index contributed by atoms with van der Waals surface area (Å²) in [4.78, 5) is 17.2. The first-order valence-corrected chi connectivity index (χ1v) is 11.8. The van der Waals surface area contributed by atoms with Crippen molar-refractivity contribution in [3.8, 4) is 0 Å². The Labute approximate surface area is 180 Å². The van der Waals surface area contributed by atoms with E-state index in [-0.39, 0.29) is 41.8 Å². The number of halogens is 3. The van der Waals surface area contributed by atoms with Crippen molar-refractivity contribution in [3.63, 3.8) is 0 Å². The van der Waals surface area contributed by atoms with Gasteiger partial charge < -0.3 is 5.11 Å². The Balaban J connectivity index is 1.30. The minimum Gasteiger partial charge on any atom is -0.380 e. The fourth-order valence-electron chi connectivity index (χ4n) is 8.27. The molecular formula is C23H32F3N3O2. The minimum atomic E-state index is -4.54. The average molecular weight is 440 g/mol. The Morgan fingerprint density at radius 3 is 2.61 bits per heavy atom. The highest BCUT2D eigenvalue weighted by Crippen LogP contribution is 2.65. The van der Waals surface area contributed by atoms with E-state index in [2.05, 4.69) is 22.1 Å². The summed E-state index contributed by atoms with van der Waals surface area (Å²) >= 11 is 0. The van der Waals surface area contributed by atoms with Crippen LogP contribution in [0.25, 0.3) is 0 Å². The number of rotatable bonds is 3. The van der Waals surface area contributed by atoms with Gasteiger partial charge in [0.05, 0.1) is 6.42 Å². The standard InChI is InChI=1S/C23H32F3N3O2/c1-21-8-6-15-14-7-9-22(31,23(24,25)26)11-13(14)2-3-16(15)17(21)4-5-18(21)19(30)10-20-27-12-28-29-20/h12-18,31H,2-11H2,1H3,(H,27,28,29)/t13-,14+,15-,16-,17+,18-,21+,22-/m1/s1. The van der Waals surface area contributed by atoms with Gasteiger partial charge in [-0.15, -0.1) is 0 Å². The zero-order valence-electron chi connectivity index (χ0n) is 18.0. The topological polar surface area (TPSA) is 78.9 Å². The van der Waals surface area contributed by atoms with Crippen LogP contribution in [0.1, 0.15) is 70.5 Å². The molecule has 0 aliphatic heterocycles. The van der Waals surface area contributed by atoms with Gasteiger partial charge in [0.25, 0.3) is 0 Å². The molecule has 2 N–H and O–H groups in total. The number of fused-ring (bicyclic) bond motifs is 5. The maximum absolute atomic E-state index is 13.4. The van der Waals surface area contributed by atoms with Crippen molar-refractivity contribution in [2.24, 2.45) is 40.9 Å². The highest BCUT2D eigenvalue weighted by atomic mass is 19.4. The summed E-state index contributed by atoms with van der Waals surface area (Å²) in [5, 5.41) is 16.9. The van der Waals surface area contributed by atoms with Crippen LogP contribution >= 0.6 is 0 Å². The summed E-state index contributed by atoms with van der Waals surface area (Å²) in [6.07, 6.45) is 2.96. The SMILES string of the molecule is C[C@]12CC[C@H]3[C@@H](CC[C@@H]4C[C@@](O)(C(F)(F)F)CC[C@@H]43)[C@@H]1CC[C@@H]2C(=O)Cc1ncn[nH]1.